The lowest BCUT2D eigenvalue weighted by Crippen LogP contribution is -2.35. The van der Waals surface area contributed by atoms with Crippen molar-refractivity contribution in [3.8, 4) is 0 Å². The van der Waals surface area contributed by atoms with Crippen molar-refractivity contribution in [3.63, 3.8) is 0 Å². The van der Waals surface area contributed by atoms with E-state index in [0.717, 1.165) is 0 Å². The van der Waals surface area contributed by atoms with Crippen LogP contribution < -0.4 is 16.0 Å². The molecule has 0 bridgehead atoms. The van der Waals surface area contributed by atoms with Crippen LogP contribution in [-0.4, -0.2) is 42.1 Å². The van der Waals surface area contributed by atoms with Crippen molar-refractivity contribution in [2.24, 2.45) is 0 Å². The number of nitrogens with zero attached hydrogens (tertiary/aromatic N) is 1. The van der Waals surface area contributed by atoms with E-state index in [-0.39, 0.29) is 22.3 Å². The topological polar surface area (TPSA) is 123 Å². The van der Waals surface area contributed by atoms with E-state index < -0.39 is 10.8 Å². The van der Waals surface area contributed by atoms with Crippen molar-refractivity contribution in [3.05, 3.63) is 69.8 Å². The fraction of sp³-hybridized carbons (Fsp3) is 0.167. The number of methoxy groups -OCH3 is 1. The summed E-state index contributed by atoms with van der Waals surface area (Å²) < 4.78 is 4.89. The molecule has 0 aromatic heterocycles. The first kappa shape index (κ1) is 20.9. The van der Waals surface area contributed by atoms with Gasteiger partial charge < -0.3 is 15.4 Å². The summed E-state index contributed by atoms with van der Waals surface area (Å²) >= 11 is 5.11. The Morgan fingerprint density at radius 1 is 1.07 bits per heavy atom. The van der Waals surface area contributed by atoms with E-state index in [1.165, 1.54) is 31.4 Å². The lowest BCUT2D eigenvalue weighted by atomic mass is 10.1. The van der Waals surface area contributed by atoms with Gasteiger partial charge in [0.15, 0.2) is 5.11 Å². The third-order valence-electron chi connectivity index (χ3n) is 3.58. The molecule has 0 radical (unpaired) electrons. The zero-order chi connectivity index (χ0) is 20.5. The molecular weight excluding hydrogens is 384 g/mol. The predicted molar refractivity (Wildman–Crippen MR) is 107 cm³/mol. The standard InChI is InChI=1S/C18H18N4O5S/c1-27-11-10-19-16(23)12-6-2-4-8-14(12)20-18(28)21-17(24)13-7-3-5-9-15(13)22(25)26/h2-9H,10-11H2,1H3,(H,19,23)(H2,20,21,24,28). The Morgan fingerprint density at radius 3 is 2.39 bits per heavy atom. The number of nitrogens with one attached hydrogen (secondary N) is 3. The third-order valence-corrected chi connectivity index (χ3v) is 3.79. The molecule has 0 atom stereocenters. The number of thiocarbonyl (C=S) groups is 1. The van der Waals surface area contributed by atoms with Crippen LogP contribution in [0.4, 0.5) is 11.4 Å². The number of carbonyl (C=O) groups is 2. The maximum atomic E-state index is 12.3. The molecule has 0 heterocycles. The van der Waals surface area contributed by atoms with E-state index in [1.54, 1.807) is 24.3 Å². The summed E-state index contributed by atoms with van der Waals surface area (Å²) in [5.74, 6) is -1.07. The molecule has 0 spiro atoms. The number of nitro benzene ring substituents is 1. The van der Waals surface area contributed by atoms with Gasteiger partial charge in [-0.15, -0.1) is 0 Å². The van der Waals surface area contributed by atoms with Gasteiger partial charge in [0.1, 0.15) is 5.56 Å². The van der Waals surface area contributed by atoms with Crippen LogP contribution in [0.5, 0.6) is 0 Å². The molecule has 2 aromatic rings. The van der Waals surface area contributed by atoms with Crippen LogP contribution >= 0.6 is 12.2 Å². The highest BCUT2D eigenvalue weighted by Crippen LogP contribution is 2.18. The lowest BCUT2D eigenvalue weighted by Gasteiger charge is -2.13. The van der Waals surface area contributed by atoms with Gasteiger partial charge >= 0.3 is 0 Å². The maximum Gasteiger partial charge on any atom is 0.282 e. The molecule has 0 fully saturated rings. The summed E-state index contributed by atoms with van der Waals surface area (Å²) in [5, 5.41) is 18.8. The van der Waals surface area contributed by atoms with Gasteiger partial charge in [0.25, 0.3) is 17.5 Å². The Kier molecular flexibility index (Phi) is 7.55. The van der Waals surface area contributed by atoms with Crippen LogP contribution in [0.3, 0.4) is 0 Å². The summed E-state index contributed by atoms with van der Waals surface area (Å²) in [4.78, 5) is 35.0. The number of carbonyl (C=O) groups excluding carboxylic acids is 2. The second-order valence-electron chi connectivity index (χ2n) is 5.48. The molecule has 146 valence electrons. The van der Waals surface area contributed by atoms with E-state index in [4.69, 9.17) is 17.0 Å². The largest absolute Gasteiger partial charge is 0.383 e. The second kappa shape index (κ2) is 10.1. The summed E-state index contributed by atoms with van der Waals surface area (Å²) in [5.41, 5.74) is 0.245. The molecule has 0 unspecified atom stereocenters. The molecule has 10 heteroatoms. The second-order valence-corrected chi connectivity index (χ2v) is 5.89. The quantitative estimate of drug-likeness (QED) is 0.280. The van der Waals surface area contributed by atoms with Crippen LogP contribution in [0.2, 0.25) is 0 Å². The molecule has 2 rings (SSSR count). The third kappa shape index (κ3) is 5.56. The van der Waals surface area contributed by atoms with E-state index >= 15 is 0 Å². The van der Waals surface area contributed by atoms with Crippen LogP contribution in [0.15, 0.2) is 48.5 Å². The van der Waals surface area contributed by atoms with Gasteiger partial charge in [0, 0.05) is 19.7 Å². The fourth-order valence-electron chi connectivity index (χ4n) is 2.30. The predicted octanol–water partition coefficient (Wildman–Crippen LogP) is 2.10. The number of benzene rings is 2. The first-order chi connectivity index (χ1) is 13.4. The highest BCUT2D eigenvalue weighted by Gasteiger charge is 2.20. The minimum absolute atomic E-state index is 0.0970. The molecule has 9 nitrogen and oxygen atoms in total. The minimum atomic E-state index is -0.730. The minimum Gasteiger partial charge on any atom is -0.383 e. The van der Waals surface area contributed by atoms with Gasteiger partial charge in [-0.25, -0.2) is 0 Å². The van der Waals surface area contributed by atoms with E-state index in [0.29, 0.717) is 24.4 Å². The number of hydrogen-bond donors (Lipinski definition) is 3. The number of nitro groups is 1. The number of amides is 2. The highest BCUT2D eigenvalue weighted by molar-refractivity contribution is 7.80. The van der Waals surface area contributed by atoms with Crippen LogP contribution in [0.25, 0.3) is 0 Å². The Balaban J connectivity index is 2.09. The van der Waals surface area contributed by atoms with Gasteiger partial charge in [-0.05, 0) is 30.4 Å². The van der Waals surface area contributed by atoms with Gasteiger partial charge in [0.2, 0.25) is 0 Å². The summed E-state index contributed by atoms with van der Waals surface area (Å²) in [6.45, 7) is 0.703. The van der Waals surface area contributed by atoms with Crippen LogP contribution in [0, 0.1) is 10.1 Å². The smallest absolute Gasteiger partial charge is 0.282 e. The molecule has 0 aliphatic heterocycles. The fourth-order valence-corrected chi connectivity index (χ4v) is 2.50. The molecule has 3 N–H and O–H groups in total. The number of ether oxygens (including phenoxy) is 1. The number of para-hydroxylation sites is 2. The number of anilines is 1. The molecular formula is C18H18N4O5S. The number of hydrogen-bond acceptors (Lipinski definition) is 6. The van der Waals surface area contributed by atoms with Gasteiger partial charge in [0.05, 0.1) is 22.8 Å². The van der Waals surface area contributed by atoms with Crippen molar-refractivity contribution in [1.82, 2.24) is 10.6 Å². The molecule has 0 saturated heterocycles. The molecule has 0 aliphatic carbocycles. The summed E-state index contributed by atoms with van der Waals surface area (Å²) in [7, 11) is 1.53. The summed E-state index contributed by atoms with van der Waals surface area (Å²) in [6.07, 6.45) is 0. The Bertz CT molecular complexity index is 903. The lowest BCUT2D eigenvalue weighted by molar-refractivity contribution is -0.385. The van der Waals surface area contributed by atoms with Crippen molar-refractivity contribution >= 4 is 40.5 Å². The monoisotopic (exact) mass is 402 g/mol. The van der Waals surface area contributed by atoms with E-state index in [9.17, 15) is 19.7 Å². The normalized spacial score (nSPS) is 10.0. The molecule has 0 aliphatic rings. The van der Waals surface area contributed by atoms with Crippen molar-refractivity contribution < 1.29 is 19.2 Å². The SMILES string of the molecule is COCCNC(=O)c1ccccc1NC(=S)NC(=O)c1ccccc1[N+](=O)[O-]. The zero-order valence-electron chi connectivity index (χ0n) is 14.9. The van der Waals surface area contributed by atoms with Crippen LogP contribution in [0.1, 0.15) is 20.7 Å². The Hall–Kier alpha value is -3.37. The van der Waals surface area contributed by atoms with Crippen molar-refractivity contribution in [1.29, 1.82) is 0 Å². The first-order valence-electron chi connectivity index (χ1n) is 8.16. The maximum absolute atomic E-state index is 12.3. The Morgan fingerprint density at radius 2 is 1.71 bits per heavy atom. The highest BCUT2D eigenvalue weighted by atomic mass is 32.1. The average Bonchev–Trinajstić information content (AvgIpc) is 2.68. The zero-order valence-corrected chi connectivity index (χ0v) is 15.7. The van der Waals surface area contributed by atoms with E-state index in [1.807, 2.05) is 0 Å². The van der Waals surface area contributed by atoms with Gasteiger partial charge in [-0.2, -0.15) is 0 Å². The van der Waals surface area contributed by atoms with Gasteiger partial charge in [-0.3, -0.25) is 25.0 Å². The van der Waals surface area contributed by atoms with Gasteiger partial charge in [-0.1, -0.05) is 24.3 Å². The average molecular weight is 402 g/mol. The van der Waals surface area contributed by atoms with E-state index in [2.05, 4.69) is 16.0 Å². The summed E-state index contributed by atoms with van der Waals surface area (Å²) in [6, 6.07) is 12.1. The van der Waals surface area contributed by atoms with Crippen molar-refractivity contribution in [2.75, 3.05) is 25.6 Å². The first-order valence-corrected chi connectivity index (χ1v) is 8.56. The molecule has 0 saturated carbocycles. The molecule has 2 aromatic carbocycles. The van der Waals surface area contributed by atoms with Crippen LogP contribution in [-0.2, 0) is 4.74 Å². The molecule has 2 amide bonds. The van der Waals surface area contributed by atoms with Crippen molar-refractivity contribution in [2.45, 2.75) is 0 Å². The molecule has 28 heavy (non-hydrogen) atoms. The Labute approximate surface area is 166 Å². The number of rotatable bonds is 7.